The molecule has 1 aromatic rings. The lowest BCUT2D eigenvalue weighted by Crippen LogP contribution is -2.49. The summed E-state index contributed by atoms with van der Waals surface area (Å²) in [5.41, 5.74) is 1.71. The molecule has 1 aromatic carbocycles. The van der Waals surface area contributed by atoms with Gasteiger partial charge in [-0.15, -0.1) is 0 Å². The van der Waals surface area contributed by atoms with Gasteiger partial charge in [-0.25, -0.2) is 9.59 Å². The van der Waals surface area contributed by atoms with Crippen molar-refractivity contribution < 1.29 is 49.3 Å². The van der Waals surface area contributed by atoms with E-state index in [1.807, 2.05) is 0 Å². The van der Waals surface area contributed by atoms with Gasteiger partial charge in [-0.1, -0.05) is 29.8 Å². The molecule has 0 fully saturated rings. The maximum Gasteiger partial charge on any atom is 0.336 e. The average molecular weight is 573 g/mol. The number of methoxy groups -OCH3 is 1. The second kappa shape index (κ2) is 15.9. The van der Waals surface area contributed by atoms with Crippen LogP contribution in [0.3, 0.4) is 0 Å². The van der Waals surface area contributed by atoms with Crippen molar-refractivity contribution in [2.24, 2.45) is 0 Å². The Morgan fingerprint density at radius 1 is 1.08 bits per heavy atom. The summed E-state index contributed by atoms with van der Waals surface area (Å²) in [5.74, 6) is -2.16. The average Bonchev–Trinajstić information content (AvgIpc) is 2.92. The van der Waals surface area contributed by atoms with E-state index in [4.69, 9.17) is 30.9 Å². The second-order valence-electron chi connectivity index (χ2n) is 8.78. The van der Waals surface area contributed by atoms with Gasteiger partial charge >= 0.3 is 11.9 Å². The first-order valence-electron chi connectivity index (χ1n) is 12.4. The fraction of sp³-hybridized carbons (Fsp3) is 0.538. The first-order chi connectivity index (χ1) is 18.6. The van der Waals surface area contributed by atoms with Crippen LogP contribution in [0.25, 0.3) is 0 Å². The summed E-state index contributed by atoms with van der Waals surface area (Å²) in [6.45, 7) is 2.83. The first kappa shape index (κ1) is 32.7. The molecule has 0 amide bonds. The molecular formula is C26H37ClN2O10. The van der Waals surface area contributed by atoms with Crippen LogP contribution in [0.15, 0.2) is 46.8 Å². The summed E-state index contributed by atoms with van der Waals surface area (Å²) in [5, 5.41) is 54.1. The van der Waals surface area contributed by atoms with E-state index in [9.17, 15) is 30.0 Å². The highest BCUT2D eigenvalue weighted by Crippen LogP contribution is 2.41. The Morgan fingerprint density at radius 3 is 2.36 bits per heavy atom. The Balaban J connectivity index is 2.17. The van der Waals surface area contributed by atoms with Crippen LogP contribution < -0.4 is 10.6 Å². The Bertz CT molecular complexity index is 1050. The van der Waals surface area contributed by atoms with E-state index in [0.717, 1.165) is 0 Å². The number of nitrogens with one attached hydrogen (secondary N) is 2. The predicted octanol–water partition coefficient (Wildman–Crippen LogP) is -0.667. The minimum absolute atomic E-state index is 0.0604. The topological polar surface area (TPSA) is 187 Å². The number of allylic oxidation sites excluding steroid dienone is 1. The number of aliphatic hydroxyl groups is 5. The third kappa shape index (κ3) is 8.47. The zero-order chi connectivity index (χ0) is 29.1. The van der Waals surface area contributed by atoms with Gasteiger partial charge in [-0.05, 0) is 25.5 Å². The lowest BCUT2D eigenvalue weighted by molar-refractivity contribution is -0.139. The molecule has 0 radical (unpaired) electrons. The number of esters is 2. The molecule has 7 N–H and O–H groups in total. The van der Waals surface area contributed by atoms with E-state index in [0.29, 0.717) is 22.0 Å². The van der Waals surface area contributed by atoms with Crippen LogP contribution in [-0.2, 0) is 23.8 Å². The van der Waals surface area contributed by atoms with Gasteiger partial charge in [0.2, 0.25) is 0 Å². The minimum atomic E-state index is -1.72. The molecule has 0 aliphatic carbocycles. The van der Waals surface area contributed by atoms with Gasteiger partial charge in [0.05, 0.1) is 62.4 Å². The molecular weight excluding hydrogens is 536 g/mol. The molecule has 218 valence electrons. The normalized spacial score (nSPS) is 18.7. The van der Waals surface area contributed by atoms with Gasteiger partial charge in [-0.2, -0.15) is 0 Å². The van der Waals surface area contributed by atoms with E-state index in [-0.39, 0.29) is 44.1 Å². The van der Waals surface area contributed by atoms with Crippen molar-refractivity contribution in [3.05, 3.63) is 57.4 Å². The number of hydrogen-bond donors (Lipinski definition) is 7. The van der Waals surface area contributed by atoms with Crippen LogP contribution in [0, 0.1) is 0 Å². The van der Waals surface area contributed by atoms with Crippen LogP contribution in [0.1, 0.15) is 25.3 Å². The standard InChI is InChI=1S/C26H37ClN2O10/c1-4-39-26(36)22-17(13-38-10-9-28-11-18(31)23(33)24(34)19(32)12-30)29-14(2)20(25(35)37-3)21(22)15-7-5-6-8-16(15)27/h5-8,18-19,21,23-24,28-34H,4,9-13H2,1-3H3/t18-,19+,21?,23+,24+/m1/s1. The second-order valence-corrected chi connectivity index (χ2v) is 9.18. The first-order valence-corrected chi connectivity index (χ1v) is 12.8. The summed E-state index contributed by atoms with van der Waals surface area (Å²) in [4.78, 5) is 25.9. The minimum Gasteiger partial charge on any atom is -0.466 e. The van der Waals surface area contributed by atoms with Gasteiger partial charge < -0.3 is 50.4 Å². The highest BCUT2D eigenvalue weighted by Gasteiger charge is 2.39. The van der Waals surface area contributed by atoms with Gasteiger partial charge in [0, 0.05) is 23.8 Å². The maximum atomic E-state index is 13.2. The van der Waals surface area contributed by atoms with Gasteiger partial charge in [-0.3, -0.25) is 0 Å². The number of carbonyl (C=O) groups excluding carboxylic acids is 2. The van der Waals surface area contributed by atoms with Gasteiger partial charge in [0.15, 0.2) is 0 Å². The van der Waals surface area contributed by atoms with Crippen LogP contribution in [0.4, 0.5) is 0 Å². The Kier molecular flexibility index (Phi) is 13.3. The maximum absolute atomic E-state index is 13.2. The fourth-order valence-electron chi connectivity index (χ4n) is 4.11. The molecule has 12 nitrogen and oxygen atoms in total. The molecule has 1 heterocycles. The number of benzene rings is 1. The molecule has 1 aliphatic heterocycles. The Labute approximate surface area is 231 Å². The molecule has 2 rings (SSSR count). The lowest BCUT2D eigenvalue weighted by atomic mass is 9.80. The van der Waals surface area contributed by atoms with Crippen LogP contribution in [0.5, 0.6) is 0 Å². The third-order valence-electron chi connectivity index (χ3n) is 6.11. The molecule has 39 heavy (non-hydrogen) atoms. The molecule has 0 saturated carbocycles. The molecule has 5 atom stereocenters. The Morgan fingerprint density at radius 2 is 1.74 bits per heavy atom. The fourth-order valence-corrected chi connectivity index (χ4v) is 4.36. The number of ether oxygens (including phenoxy) is 3. The summed E-state index contributed by atoms with van der Waals surface area (Å²) in [7, 11) is 1.25. The van der Waals surface area contributed by atoms with E-state index in [1.54, 1.807) is 38.1 Å². The summed E-state index contributed by atoms with van der Waals surface area (Å²) >= 11 is 6.48. The molecule has 0 spiro atoms. The van der Waals surface area contributed by atoms with Crippen LogP contribution >= 0.6 is 11.6 Å². The summed E-state index contributed by atoms with van der Waals surface area (Å²) < 4.78 is 16.0. The summed E-state index contributed by atoms with van der Waals surface area (Å²) in [6.07, 6.45) is -6.40. The van der Waals surface area contributed by atoms with Crippen molar-refractivity contribution in [3.63, 3.8) is 0 Å². The quantitative estimate of drug-likeness (QED) is 0.104. The SMILES string of the molecule is CCOC(=O)C1=C(COCCNC[C@@H](O)[C@H](O)[C@@H](O)[C@@H](O)CO)NC(C)=C(C(=O)OC)C1c1ccccc1Cl. The zero-order valence-electron chi connectivity index (χ0n) is 22.1. The molecule has 1 unspecified atom stereocenters. The lowest BCUT2D eigenvalue weighted by Gasteiger charge is -2.31. The van der Waals surface area contributed by atoms with Crippen molar-refractivity contribution in [2.75, 3.05) is 46.6 Å². The van der Waals surface area contributed by atoms with Gasteiger partial charge in [0.1, 0.15) is 18.3 Å². The molecule has 0 bridgehead atoms. The van der Waals surface area contributed by atoms with Crippen molar-refractivity contribution in [3.8, 4) is 0 Å². The third-order valence-corrected chi connectivity index (χ3v) is 6.45. The van der Waals surface area contributed by atoms with E-state index < -0.39 is 48.9 Å². The number of carbonyl (C=O) groups is 2. The van der Waals surface area contributed by atoms with E-state index in [1.165, 1.54) is 7.11 Å². The van der Waals surface area contributed by atoms with E-state index >= 15 is 0 Å². The predicted molar refractivity (Wildman–Crippen MR) is 141 cm³/mol. The Hall–Kier alpha value is -2.55. The van der Waals surface area contributed by atoms with Crippen molar-refractivity contribution in [1.82, 2.24) is 10.6 Å². The number of dihydropyridines is 1. The molecule has 0 aromatic heterocycles. The van der Waals surface area contributed by atoms with Gasteiger partial charge in [0.25, 0.3) is 0 Å². The number of aliphatic hydroxyl groups excluding tert-OH is 5. The highest BCUT2D eigenvalue weighted by molar-refractivity contribution is 6.31. The molecule has 0 saturated heterocycles. The largest absolute Gasteiger partial charge is 0.466 e. The monoisotopic (exact) mass is 572 g/mol. The molecule has 1 aliphatic rings. The number of halogens is 1. The van der Waals surface area contributed by atoms with Crippen LogP contribution in [-0.4, -0.2) is 109 Å². The number of hydrogen-bond acceptors (Lipinski definition) is 12. The highest BCUT2D eigenvalue weighted by atomic mass is 35.5. The van der Waals surface area contributed by atoms with Crippen molar-refractivity contribution in [2.45, 2.75) is 44.2 Å². The van der Waals surface area contributed by atoms with Crippen molar-refractivity contribution >= 4 is 23.5 Å². The van der Waals surface area contributed by atoms with Crippen LogP contribution in [0.2, 0.25) is 5.02 Å². The van der Waals surface area contributed by atoms with Crippen molar-refractivity contribution in [1.29, 1.82) is 0 Å². The number of rotatable bonds is 15. The smallest absolute Gasteiger partial charge is 0.336 e. The van der Waals surface area contributed by atoms with E-state index in [2.05, 4.69) is 10.6 Å². The zero-order valence-corrected chi connectivity index (χ0v) is 22.8. The summed E-state index contributed by atoms with van der Waals surface area (Å²) in [6, 6.07) is 6.85. The molecule has 13 heteroatoms.